The molecule has 1 N–H and O–H groups in total. The van der Waals surface area contributed by atoms with Gasteiger partial charge >= 0.3 is 0 Å². The molecule has 15 heavy (non-hydrogen) atoms. The van der Waals surface area contributed by atoms with Gasteiger partial charge in [0.05, 0.1) is 18.5 Å². The van der Waals surface area contributed by atoms with Gasteiger partial charge in [0.1, 0.15) is 0 Å². The molecule has 0 fully saturated rings. The molecule has 0 saturated heterocycles. The van der Waals surface area contributed by atoms with Crippen LogP contribution in [0.2, 0.25) is 0 Å². The lowest BCUT2D eigenvalue weighted by atomic mass is 10.1. The van der Waals surface area contributed by atoms with Gasteiger partial charge in [-0.3, -0.25) is 4.68 Å². The third kappa shape index (κ3) is 1.96. The Kier molecular flexibility index (Phi) is 2.88. The summed E-state index contributed by atoms with van der Waals surface area (Å²) in [6.45, 7) is -0.00164. The van der Waals surface area contributed by atoms with Crippen molar-refractivity contribution in [1.29, 1.82) is 0 Å². The average Bonchev–Trinajstić information content (AvgIpc) is 2.59. The minimum atomic E-state index is -0.00164. The molecule has 0 amide bonds. The molecule has 0 aliphatic rings. The fourth-order valence-corrected chi connectivity index (χ4v) is 1.95. The molecule has 78 valence electrons. The molecule has 0 atom stereocenters. The Morgan fingerprint density at radius 2 is 2.27 bits per heavy atom. The van der Waals surface area contributed by atoms with Crippen molar-refractivity contribution in [3.8, 4) is 11.1 Å². The quantitative estimate of drug-likeness (QED) is 0.906. The monoisotopic (exact) mass is 266 g/mol. The van der Waals surface area contributed by atoms with Crippen molar-refractivity contribution < 1.29 is 5.11 Å². The second-order valence-corrected chi connectivity index (χ2v) is 4.21. The van der Waals surface area contributed by atoms with Crippen molar-refractivity contribution in [3.05, 3.63) is 40.6 Å². The molecule has 0 spiro atoms. The Balaban J connectivity index is 2.54. The van der Waals surface area contributed by atoms with Crippen LogP contribution in [-0.2, 0) is 13.7 Å². The SMILES string of the molecule is Cn1ncc(-c2cccc(Br)c2)c1CO. The summed E-state index contributed by atoms with van der Waals surface area (Å²) < 4.78 is 2.71. The molecule has 1 aromatic carbocycles. The van der Waals surface area contributed by atoms with Crippen LogP contribution in [0.5, 0.6) is 0 Å². The van der Waals surface area contributed by atoms with Gasteiger partial charge in [-0.05, 0) is 17.7 Å². The van der Waals surface area contributed by atoms with Crippen molar-refractivity contribution >= 4 is 15.9 Å². The maximum atomic E-state index is 9.25. The maximum absolute atomic E-state index is 9.25. The van der Waals surface area contributed by atoms with Crippen LogP contribution in [0.3, 0.4) is 0 Å². The second-order valence-electron chi connectivity index (χ2n) is 3.30. The van der Waals surface area contributed by atoms with Crippen LogP contribution in [0.1, 0.15) is 5.69 Å². The number of aliphatic hydroxyl groups excluding tert-OH is 1. The standard InChI is InChI=1S/C11H11BrN2O/c1-14-11(7-15)10(6-13-14)8-3-2-4-9(12)5-8/h2-6,15H,7H2,1H3. The Labute approximate surface area is 96.5 Å². The van der Waals surface area contributed by atoms with Gasteiger partial charge in [0.2, 0.25) is 0 Å². The van der Waals surface area contributed by atoms with Gasteiger partial charge in [-0.25, -0.2) is 0 Å². The topological polar surface area (TPSA) is 38.0 Å². The number of benzene rings is 1. The molecular weight excluding hydrogens is 256 g/mol. The van der Waals surface area contributed by atoms with Crippen LogP contribution < -0.4 is 0 Å². The first kappa shape index (κ1) is 10.4. The van der Waals surface area contributed by atoms with Crippen LogP contribution in [0, 0.1) is 0 Å². The number of nitrogens with zero attached hydrogens (tertiary/aromatic N) is 2. The van der Waals surface area contributed by atoms with Gasteiger partial charge in [-0.2, -0.15) is 5.10 Å². The Hall–Kier alpha value is -1.13. The van der Waals surface area contributed by atoms with Crippen molar-refractivity contribution in [2.45, 2.75) is 6.61 Å². The molecule has 3 nitrogen and oxygen atoms in total. The number of hydrogen-bond donors (Lipinski definition) is 1. The summed E-state index contributed by atoms with van der Waals surface area (Å²) in [5.41, 5.74) is 2.86. The third-order valence-electron chi connectivity index (χ3n) is 2.35. The molecule has 4 heteroatoms. The molecule has 1 aromatic heterocycles. The molecule has 0 unspecified atom stereocenters. The van der Waals surface area contributed by atoms with Crippen LogP contribution in [0.4, 0.5) is 0 Å². The molecule has 0 aliphatic heterocycles. The van der Waals surface area contributed by atoms with Gasteiger partial charge < -0.3 is 5.11 Å². The summed E-state index contributed by atoms with van der Waals surface area (Å²) in [6.07, 6.45) is 1.77. The van der Waals surface area contributed by atoms with E-state index in [1.165, 1.54) is 0 Å². The maximum Gasteiger partial charge on any atom is 0.0856 e. The highest BCUT2D eigenvalue weighted by Crippen LogP contribution is 2.25. The van der Waals surface area contributed by atoms with Crippen LogP contribution in [0.25, 0.3) is 11.1 Å². The largest absolute Gasteiger partial charge is 0.390 e. The minimum Gasteiger partial charge on any atom is -0.390 e. The van der Waals surface area contributed by atoms with E-state index in [1.807, 2.05) is 31.3 Å². The highest BCUT2D eigenvalue weighted by atomic mass is 79.9. The van der Waals surface area contributed by atoms with Gasteiger partial charge in [0.15, 0.2) is 0 Å². The zero-order chi connectivity index (χ0) is 10.8. The summed E-state index contributed by atoms with van der Waals surface area (Å²) in [5, 5.41) is 13.4. The number of hydrogen-bond acceptors (Lipinski definition) is 2. The fraction of sp³-hybridized carbons (Fsp3) is 0.182. The zero-order valence-electron chi connectivity index (χ0n) is 8.31. The highest BCUT2D eigenvalue weighted by molar-refractivity contribution is 9.10. The molecular formula is C11H11BrN2O. The first-order valence-electron chi connectivity index (χ1n) is 4.60. The highest BCUT2D eigenvalue weighted by Gasteiger charge is 2.09. The van der Waals surface area contributed by atoms with Gasteiger partial charge in [-0.15, -0.1) is 0 Å². The molecule has 2 aromatic rings. The van der Waals surface area contributed by atoms with E-state index in [2.05, 4.69) is 21.0 Å². The molecule has 0 bridgehead atoms. The lowest BCUT2D eigenvalue weighted by Crippen LogP contribution is -1.98. The van der Waals surface area contributed by atoms with E-state index in [9.17, 15) is 5.11 Å². The summed E-state index contributed by atoms with van der Waals surface area (Å²) in [7, 11) is 1.83. The molecule has 2 rings (SSSR count). The van der Waals surface area contributed by atoms with E-state index in [-0.39, 0.29) is 6.61 Å². The number of halogens is 1. The van der Waals surface area contributed by atoms with Gasteiger partial charge in [-0.1, -0.05) is 28.1 Å². The van der Waals surface area contributed by atoms with Crippen molar-refractivity contribution in [2.24, 2.45) is 7.05 Å². The zero-order valence-corrected chi connectivity index (χ0v) is 9.90. The van der Waals surface area contributed by atoms with Crippen molar-refractivity contribution in [1.82, 2.24) is 9.78 Å². The molecule has 0 radical (unpaired) electrons. The van der Waals surface area contributed by atoms with E-state index in [1.54, 1.807) is 10.9 Å². The van der Waals surface area contributed by atoms with Crippen molar-refractivity contribution in [3.63, 3.8) is 0 Å². The Morgan fingerprint density at radius 1 is 1.47 bits per heavy atom. The normalized spacial score (nSPS) is 10.6. The first-order chi connectivity index (χ1) is 7.22. The van der Waals surface area contributed by atoms with Gasteiger partial charge in [0, 0.05) is 17.1 Å². The Bertz CT molecular complexity index is 479. The van der Waals surface area contributed by atoms with Crippen LogP contribution in [0.15, 0.2) is 34.9 Å². The van der Waals surface area contributed by atoms with Gasteiger partial charge in [0.25, 0.3) is 0 Å². The Morgan fingerprint density at radius 3 is 2.93 bits per heavy atom. The lowest BCUT2D eigenvalue weighted by Gasteiger charge is -2.03. The predicted molar refractivity (Wildman–Crippen MR) is 62.3 cm³/mol. The number of aromatic nitrogens is 2. The first-order valence-corrected chi connectivity index (χ1v) is 5.39. The van der Waals surface area contributed by atoms with E-state index >= 15 is 0 Å². The molecule has 1 heterocycles. The van der Waals surface area contributed by atoms with Crippen molar-refractivity contribution in [2.75, 3.05) is 0 Å². The van der Waals surface area contributed by atoms with Crippen LogP contribution >= 0.6 is 15.9 Å². The summed E-state index contributed by atoms with van der Waals surface area (Å²) in [4.78, 5) is 0. The fourth-order valence-electron chi connectivity index (χ4n) is 1.55. The number of rotatable bonds is 2. The predicted octanol–water partition coefficient (Wildman–Crippen LogP) is 2.34. The van der Waals surface area contributed by atoms with E-state index in [0.29, 0.717) is 0 Å². The molecule has 0 aliphatic carbocycles. The van der Waals surface area contributed by atoms with E-state index < -0.39 is 0 Å². The summed E-state index contributed by atoms with van der Waals surface area (Å²) in [5.74, 6) is 0. The third-order valence-corrected chi connectivity index (χ3v) is 2.84. The van der Waals surface area contributed by atoms with E-state index in [0.717, 1.165) is 21.3 Å². The second kappa shape index (κ2) is 4.16. The summed E-state index contributed by atoms with van der Waals surface area (Å²) >= 11 is 3.42. The van der Waals surface area contributed by atoms with E-state index in [4.69, 9.17) is 0 Å². The molecule has 0 saturated carbocycles. The van der Waals surface area contributed by atoms with Crippen LogP contribution in [-0.4, -0.2) is 14.9 Å². The lowest BCUT2D eigenvalue weighted by molar-refractivity contribution is 0.271. The summed E-state index contributed by atoms with van der Waals surface area (Å²) in [6, 6.07) is 7.95. The number of aliphatic hydroxyl groups is 1. The smallest absolute Gasteiger partial charge is 0.0856 e. The minimum absolute atomic E-state index is 0.00164. The average molecular weight is 267 g/mol. The number of aryl methyl sites for hydroxylation is 1.